The third kappa shape index (κ3) is 5.16. The highest BCUT2D eigenvalue weighted by Gasteiger charge is 2.18. The molecule has 0 aliphatic carbocycles. The van der Waals surface area contributed by atoms with Crippen molar-refractivity contribution in [2.45, 2.75) is 33.1 Å². The number of rotatable bonds is 8. The summed E-state index contributed by atoms with van der Waals surface area (Å²) in [5.74, 6) is -1.13. The Morgan fingerprint density at radius 2 is 1.86 bits per heavy atom. The minimum atomic E-state index is -0.689. The lowest BCUT2D eigenvalue weighted by Crippen LogP contribution is -2.24. The number of nitro groups is 1. The molecule has 0 spiro atoms. The zero-order chi connectivity index (χ0) is 16.5. The number of hydrogen-bond acceptors (Lipinski definition) is 5. The van der Waals surface area contributed by atoms with E-state index in [4.69, 9.17) is 4.74 Å². The summed E-state index contributed by atoms with van der Waals surface area (Å²) in [6.07, 6.45) is 2.85. The van der Waals surface area contributed by atoms with E-state index in [2.05, 4.69) is 5.32 Å². The van der Waals surface area contributed by atoms with E-state index >= 15 is 0 Å². The summed E-state index contributed by atoms with van der Waals surface area (Å²) in [6, 6.07) is 3.56. The number of hydrogen-bond donors (Lipinski definition) is 1. The number of amides is 1. The molecular formula is C15H20N2O5. The predicted octanol–water partition coefficient (Wildman–Crippen LogP) is 2.69. The number of carbonyl (C=O) groups excluding carboxylic acids is 2. The maximum absolute atomic E-state index is 12.0. The van der Waals surface area contributed by atoms with Crippen LogP contribution in [0.4, 0.5) is 5.69 Å². The SMILES string of the molecule is CCCCCNC(=O)c1cc(C(=O)OCC)cc([N+](=O)[O-])c1. The van der Waals surface area contributed by atoms with Gasteiger partial charge in [-0.2, -0.15) is 0 Å². The summed E-state index contributed by atoms with van der Waals surface area (Å²) in [5, 5.41) is 13.6. The van der Waals surface area contributed by atoms with E-state index in [9.17, 15) is 19.7 Å². The molecule has 22 heavy (non-hydrogen) atoms. The fourth-order valence-corrected chi connectivity index (χ4v) is 1.86. The van der Waals surface area contributed by atoms with Crippen molar-refractivity contribution >= 4 is 17.6 Å². The summed E-state index contributed by atoms with van der Waals surface area (Å²) >= 11 is 0. The lowest BCUT2D eigenvalue weighted by Gasteiger charge is -2.07. The topological polar surface area (TPSA) is 98.5 Å². The molecule has 1 aromatic rings. The third-order valence-corrected chi connectivity index (χ3v) is 2.97. The van der Waals surface area contributed by atoms with Crippen LogP contribution in [0.3, 0.4) is 0 Å². The molecule has 0 saturated heterocycles. The van der Waals surface area contributed by atoms with Crippen LogP contribution in [0.25, 0.3) is 0 Å². The molecular weight excluding hydrogens is 288 g/mol. The molecule has 0 fully saturated rings. The highest BCUT2D eigenvalue weighted by atomic mass is 16.6. The van der Waals surface area contributed by atoms with E-state index in [1.807, 2.05) is 6.92 Å². The Kier molecular flexibility index (Phi) is 7.01. The molecule has 0 unspecified atom stereocenters. The number of esters is 1. The molecule has 7 nitrogen and oxygen atoms in total. The van der Waals surface area contributed by atoms with Crippen molar-refractivity contribution in [3.8, 4) is 0 Å². The van der Waals surface area contributed by atoms with Crippen LogP contribution in [0.1, 0.15) is 53.8 Å². The van der Waals surface area contributed by atoms with Gasteiger partial charge in [0.1, 0.15) is 0 Å². The molecule has 0 saturated carbocycles. The zero-order valence-corrected chi connectivity index (χ0v) is 12.8. The summed E-state index contributed by atoms with van der Waals surface area (Å²) in [6.45, 7) is 4.33. The summed E-state index contributed by atoms with van der Waals surface area (Å²) < 4.78 is 4.82. The van der Waals surface area contributed by atoms with Gasteiger partial charge < -0.3 is 10.1 Å². The molecule has 0 radical (unpaired) electrons. The molecule has 0 aliphatic heterocycles. The van der Waals surface area contributed by atoms with Crippen LogP contribution in [-0.4, -0.2) is 30.0 Å². The molecule has 0 bridgehead atoms. The monoisotopic (exact) mass is 308 g/mol. The highest BCUT2D eigenvalue weighted by Crippen LogP contribution is 2.18. The largest absolute Gasteiger partial charge is 0.462 e. The van der Waals surface area contributed by atoms with Gasteiger partial charge in [0, 0.05) is 24.2 Å². The van der Waals surface area contributed by atoms with E-state index in [-0.39, 0.29) is 23.4 Å². The first-order valence-electron chi connectivity index (χ1n) is 7.24. The average Bonchev–Trinajstić information content (AvgIpc) is 2.51. The number of ether oxygens (including phenoxy) is 1. The van der Waals surface area contributed by atoms with Crippen molar-refractivity contribution in [3.05, 3.63) is 39.4 Å². The van der Waals surface area contributed by atoms with Crippen LogP contribution in [-0.2, 0) is 4.74 Å². The highest BCUT2D eigenvalue weighted by molar-refractivity contribution is 5.98. The second-order valence-electron chi connectivity index (χ2n) is 4.71. The number of nitro benzene ring substituents is 1. The van der Waals surface area contributed by atoms with Gasteiger partial charge in [0.2, 0.25) is 0 Å². The Labute approximate surface area is 128 Å². The van der Waals surface area contributed by atoms with Crippen LogP contribution in [0.15, 0.2) is 18.2 Å². The van der Waals surface area contributed by atoms with Crippen molar-refractivity contribution in [2.24, 2.45) is 0 Å². The van der Waals surface area contributed by atoms with Gasteiger partial charge in [0.15, 0.2) is 0 Å². The molecule has 0 aromatic heterocycles. The number of non-ortho nitro benzene ring substituents is 1. The van der Waals surface area contributed by atoms with E-state index in [0.717, 1.165) is 31.4 Å². The van der Waals surface area contributed by atoms with Gasteiger partial charge in [-0.3, -0.25) is 14.9 Å². The maximum atomic E-state index is 12.0. The summed E-state index contributed by atoms with van der Waals surface area (Å²) in [5.41, 5.74) is -0.243. The van der Waals surface area contributed by atoms with Crippen LogP contribution in [0.2, 0.25) is 0 Å². The zero-order valence-electron chi connectivity index (χ0n) is 12.8. The van der Waals surface area contributed by atoms with Crippen LogP contribution in [0.5, 0.6) is 0 Å². The molecule has 0 atom stereocenters. The number of nitrogens with one attached hydrogen (secondary N) is 1. The molecule has 0 aliphatic rings. The first-order chi connectivity index (χ1) is 10.5. The van der Waals surface area contributed by atoms with E-state index in [0.29, 0.717) is 6.54 Å². The van der Waals surface area contributed by atoms with Crippen molar-refractivity contribution < 1.29 is 19.2 Å². The van der Waals surface area contributed by atoms with Crippen molar-refractivity contribution in [1.29, 1.82) is 0 Å². The second-order valence-corrected chi connectivity index (χ2v) is 4.71. The molecule has 1 N–H and O–H groups in total. The molecule has 1 aromatic carbocycles. The van der Waals surface area contributed by atoms with E-state index < -0.39 is 16.8 Å². The quantitative estimate of drug-likeness (QED) is 0.344. The summed E-state index contributed by atoms with van der Waals surface area (Å²) in [7, 11) is 0. The lowest BCUT2D eigenvalue weighted by molar-refractivity contribution is -0.384. The smallest absolute Gasteiger partial charge is 0.338 e. The Hall–Kier alpha value is -2.44. The van der Waals surface area contributed by atoms with Gasteiger partial charge in [-0.05, 0) is 19.4 Å². The predicted molar refractivity (Wildman–Crippen MR) is 80.9 cm³/mol. The summed E-state index contributed by atoms with van der Waals surface area (Å²) in [4.78, 5) is 34.0. The first kappa shape index (κ1) is 17.6. The van der Waals surface area contributed by atoms with Crippen LogP contribution < -0.4 is 5.32 Å². The second kappa shape index (κ2) is 8.76. The number of carbonyl (C=O) groups is 2. The Morgan fingerprint density at radius 3 is 2.45 bits per heavy atom. The number of nitrogens with zero attached hydrogens (tertiary/aromatic N) is 1. The molecule has 1 rings (SSSR count). The Balaban J connectivity index is 2.95. The Morgan fingerprint density at radius 1 is 1.18 bits per heavy atom. The van der Waals surface area contributed by atoms with Crippen molar-refractivity contribution in [3.63, 3.8) is 0 Å². The minimum absolute atomic E-state index is 0.00485. The van der Waals surface area contributed by atoms with Gasteiger partial charge in [-0.25, -0.2) is 4.79 Å². The standard InChI is InChI=1S/C15H20N2O5/c1-3-5-6-7-16-14(18)11-8-12(15(19)22-4-2)10-13(9-11)17(20)21/h8-10H,3-7H2,1-2H3,(H,16,18). The van der Waals surface area contributed by atoms with Gasteiger partial charge in [-0.15, -0.1) is 0 Å². The van der Waals surface area contributed by atoms with Crippen molar-refractivity contribution in [2.75, 3.05) is 13.2 Å². The van der Waals surface area contributed by atoms with Gasteiger partial charge in [-0.1, -0.05) is 19.8 Å². The average molecular weight is 308 g/mol. The molecule has 120 valence electrons. The van der Waals surface area contributed by atoms with E-state index in [1.165, 1.54) is 6.07 Å². The number of benzene rings is 1. The first-order valence-corrected chi connectivity index (χ1v) is 7.24. The van der Waals surface area contributed by atoms with Gasteiger partial charge in [0.25, 0.3) is 11.6 Å². The molecule has 1 amide bonds. The van der Waals surface area contributed by atoms with E-state index in [1.54, 1.807) is 6.92 Å². The van der Waals surface area contributed by atoms with Gasteiger partial charge >= 0.3 is 5.97 Å². The fourth-order valence-electron chi connectivity index (χ4n) is 1.86. The minimum Gasteiger partial charge on any atom is -0.462 e. The van der Waals surface area contributed by atoms with Crippen LogP contribution >= 0.6 is 0 Å². The normalized spacial score (nSPS) is 10.1. The fraction of sp³-hybridized carbons (Fsp3) is 0.467. The van der Waals surface area contributed by atoms with Crippen LogP contribution in [0, 0.1) is 10.1 Å². The Bertz CT molecular complexity index is 557. The lowest BCUT2D eigenvalue weighted by atomic mass is 10.1. The maximum Gasteiger partial charge on any atom is 0.338 e. The molecule has 0 heterocycles. The third-order valence-electron chi connectivity index (χ3n) is 2.97. The van der Waals surface area contributed by atoms with Crippen molar-refractivity contribution in [1.82, 2.24) is 5.32 Å². The van der Waals surface area contributed by atoms with Gasteiger partial charge in [0.05, 0.1) is 17.1 Å². The molecule has 7 heteroatoms. The number of unbranched alkanes of at least 4 members (excludes halogenated alkanes) is 2.